The van der Waals surface area contributed by atoms with Crippen LogP contribution in [0.2, 0.25) is 5.04 Å². The van der Waals surface area contributed by atoms with Gasteiger partial charge in [0.1, 0.15) is 18.3 Å². The first-order chi connectivity index (χ1) is 20.0. The Morgan fingerprint density at radius 1 is 0.810 bits per heavy atom. The minimum atomic E-state index is -2.82. The molecule has 0 aliphatic carbocycles. The lowest BCUT2D eigenvalue weighted by molar-refractivity contribution is -0.190. The summed E-state index contributed by atoms with van der Waals surface area (Å²) in [5, 5.41) is 4.86. The van der Waals surface area contributed by atoms with Crippen LogP contribution in [-0.2, 0) is 34.8 Å². The van der Waals surface area contributed by atoms with Gasteiger partial charge in [0.25, 0.3) is 14.2 Å². The van der Waals surface area contributed by atoms with E-state index in [4.69, 9.17) is 18.6 Å². The average Bonchev–Trinajstić information content (AvgIpc) is 3.45. The fraction of sp³-hybridized carbons (Fsp3) is 0.412. The summed E-state index contributed by atoms with van der Waals surface area (Å²) in [6, 6.07) is 30.3. The number of nitrogens with one attached hydrogen (secondary N) is 1. The number of benzene rings is 3. The van der Waals surface area contributed by atoms with Crippen molar-refractivity contribution in [1.29, 1.82) is 0 Å². The molecule has 0 radical (unpaired) electrons. The SMILES string of the molecule is CC1(C)O[C@@H]2[C@H](O1)[C@@H](CO[Si](c1ccccc1)(c1ccccc1)C(C)(C)C)O[C@H]2CC(=O)C(=O)NCc1ccccc1. The number of fused-ring (bicyclic) bond motifs is 1. The van der Waals surface area contributed by atoms with Crippen molar-refractivity contribution in [3.63, 3.8) is 0 Å². The van der Waals surface area contributed by atoms with Crippen molar-refractivity contribution >= 4 is 30.4 Å². The Morgan fingerprint density at radius 2 is 1.31 bits per heavy atom. The van der Waals surface area contributed by atoms with Crippen LogP contribution in [0.5, 0.6) is 0 Å². The molecule has 5 rings (SSSR count). The molecule has 7 nitrogen and oxygen atoms in total. The molecule has 0 bridgehead atoms. The van der Waals surface area contributed by atoms with E-state index in [2.05, 4.69) is 74.6 Å². The van der Waals surface area contributed by atoms with Gasteiger partial charge in [-0.25, -0.2) is 0 Å². The average molecular weight is 588 g/mol. The van der Waals surface area contributed by atoms with Crippen molar-refractivity contribution in [1.82, 2.24) is 5.32 Å². The normalized spacial score (nSPS) is 23.4. The first-order valence-corrected chi connectivity index (χ1v) is 16.5. The Morgan fingerprint density at radius 3 is 1.83 bits per heavy atom. The lowest BCUT2D eigenvalue weighted by Crippen LogP contribution is -2.67. The molecule has 2 aliphatic rings. The second-order valence-electron chi connectivity index (χ2n) is 12.5. The Bertz CT molecular complexity index is 1320. The summed E-state index contributed by atoms with van der Waals surface area (Å²) in [5.74, 6) is -2.02. The molecule has 0 spiro atoms. The largest absolute Gasteiger partial charge is 0.405 e. The van der Waals surface area contributed by atoms with Crippen LogP contribution < -0.4 is 15.7 Å². The lowest BCUT2D eigenvalue weighted by atomic mass is 10.0. The molecule has 2 aliphatic heterocycles. The number of carbonyl (C=O) groups excluding carboxylic acids is 2. The number of amides is 1. The first-order valence-electron chi connectivity index (χ1n) is 14.6. The molecular weight excluding hydrogens is 546 g/mol. The number of ether oxygens (including phenoxy) is 3. The Hall–Kier alpha value is -3.14. The van der Waals surface area contributed by atoms with E-state index >= 15 is 0 Å². The van der Waals surface area contributed by atoms with Crippen molar-refractivity contribution in [2.24, 2.45) is 0 Å². The van der Waals surface area contributed by atoms with E-state index in [-0.39, 0.29) is 24.6 Å². The monoisotopic (exact) mass is 587 g/mol. The van der Waals surface area contributed by atoms with Gasteiger partial charge in [-0.2, -0.15) is 0 Å². The van der Waals surface area contributed by atoms with Gasteiger partial charge in [-0.15, -0.1) is 0 Å². The van der Waals surface area contributed by atoms with E-state index in [1.54, 1.807) is 0 Å². The maximum absolute atomic E-state index is 13.0. The highest BCUT2D eigenvalue weighted by molar-refractivity contribution is 6.99. The second-order valence-corrected chi connectivity index (χ2v) is 16.9. The van der Waals surface area contributed by atoms with Gasteiger partial charge < -0.3 is 24.0 Å². The van der Waals surface area contributed by atoms with Gasteiger partial charge in [-0.1, -0.05) is 112 Å². The molecule has 42 heavy (non-hydrogen) atoms. The fourth-order valence-electron chi connectivity index (χ4n) is 6.19. The number of rotatable bonds is 10. The van der Waals surface area contributed by atoms with Crippen LogP contribution in [0.3, 0.4) is 0 Å². The molecular formula is C34H41NO6Si. The van der Waals surface area contributed by atoms with Gasteiger partial charge in [-0.3, -0.25) is 9.59 Å². The van der Waals surface area contributed by atoms with Crippen LogP contribution in [0.15, 0.2) is 91.0 Å². The third kappa shape index (κ3) is 6.28. The van der Waals surface area contributed by atoms with Crippen molar-refractivity contribution in [3.8, 4) is 0 Å². The Kier molecular flexibility index (Phi) is 8.83. The molecule has 2 heterocycles. The maximum Gasteiger partial charge on any atom is 0.287 e. The summed E-state index contributed by atoms with van der Waals surface area (Å²) >= 11 is 0. The molecule has 8 heteroatoms. The molecule has 0 unspecified atom stereocenters. The molecule has 0 aromatic heterocycles. The molecule has 3 aromatic rings. The van der Waals surface area contributed by atoms with Crippen molar-refractivity contribution in [2.75, 3.05) is 6.61 Å². The van der Waals surface area contributed by atoms with Gasteiger partial charge in [0.15, 0.2) is 5.79 Å². The molecule has 1 N–H and O–H groups in total. The van der Waals surface area contributed by atoms with Crippen LogP contribution in [0.25, 0.3) is 0 Å². The topological polar surface area (TPSA) is 83.1 Å². The number of carbonyl (C=O) groups is 2. The number of hydrogen-bond acceptors (Lipinski definition) is 6. The van der Waals surface area contributed by atoms with Crippen LogP contribution in [0.4, 0.5) is 0 Å². The third-order valence-electron chi connectivity index (χ3n) is 8.06. The minimum absolute atomic E-state index is 0.100. The third-order valence-corrected chi connectivity index (χ3v) is 13.1. The summed E-state index contributed by atoms with van der Waals surface area (Å²) < 4.78 is 26.1. The number of ketones is 1. The van der Waals surface area contributed by atoms with E-state index in [9.17, 15) is 9.59 Å². The minimum Gasteiger partial charge on any atom is -0.405 e. The first kappa shape index (κ1) is 30.3. The summed E-state index contributed by atoms with van der Waals surface area (Å²) in [6.45, 7) is 10.9. The highest BCUT2D eigenvalue weighted by atomic mass is 28.4. The van der Waals surface area contributed by atoms with Crippen molar-refractivity contribution in [3.05, 3.63) is 96.6 Å². The lowest BCUT2D eigenvalue weighted by Gasteiger charge is -2.43. The molecule has 222 valence electrons. The summed E-state index contributed by atoms with van der Waals surface area (Å²) in [4.78, 5) is 25.7. The molecule has 0 saturated carbocycles. The maximum atomic E-state index is 13.0. The van der Waals surface area contributed by atoms with Crippen LogP contribution in [-0.4, -0.2) is 56.8 Å². The van der Waals surface area contributed by atoms with Crippen LogP contribution in [0, 0.1) is 0 Å². The predicted octanol–water partition coefficient (Wildman–Crippen LogP) is 4.13. The summed E-state index contributed by atoms with van der Waals surface area (Å²) in [6.07, 6.45) is -2.11. The zero-order valence-electron chi connectivity index (χ0n) is 25.0. The molecule has 1 amide bonds. The fourth-order valence-corrected chi connectivity index (χ4v) is 10.8. The van der Waals surface area contributed by atoms with Gasteiger partial charge >= 0.3 is 0 Å². The van der Waals surface area contributed by atoms with Gasteiger partial charge in [0.05, 0.1) is 12.7 Å². The highest BCUT2D eigenvalue weighted by Crippen LogP contribution is 2.42. The van der Waals surface area contributed by atoms with E-state index < -0.39 is 50.2 Å². The Labute approximate surface area is 249 Å². The summed E-state index contributed by atoms with van der Waals surface area (Å²) in [7, 11) is -2.82. The smallest absolute Gasteiger partial charge is 0.287 e. The Balaban J connectivity index is 1.35. The van der Waals surface area contributed by atoms with E-state index in [1.807, 2.05) is 56.3 Å². The zero-order valence-corrected chi connectivity index (χ0v) is 26.0. The van der Waals surface area contributed by atoms with Crippen LogP contribution in [0.1, 0.15) is 46.6 Å². The van der Waals surface area contributed by atoms with E-state index in [1.165, 1.54) is 10.4 Å². The summed E-state index contributed by atoms with van der Waals surface area (Å²) in [5.41, 5.74) is 0.922. The number of Topliss-reactive ketones (excluding diaryl/α,β-unsaturated/α-hetero) is 1. The quantitative estimate of drug-likeness (QED) is 0.284. The van der Waals surface area contributed by atoms with Crippen molar-refractivity contribution in [2.45, 2.75) is 82.8 Å². The van der Waals surface area contributed by atoms with Crippen molar-refractivity contribution < 1.29 is 28.2 Å². The number of hydrogen-bond donors (Lipinski definition) is 1. The molecule has 2 saturated heterocycles. The zero-order chi connectivity index (χ0) is 30.0. The standard InChI is InChI=1S/C34H41NO6Si/c1-33(2,3)42(25-17-11-7-12-18-25,26-19-13-8-14-20-26)38-23-29-31-30(40-34(4,5)41-31)28(39-29)21-27(36)32(37)35-22-24-15-9-6-10-16-24/h6-20,28-31H,21-23H2,1-5H3,(H,35,37)/t28-,29+,30-,31+/m0/s1. The van der Waals surface area contributed by atoms with Gasteiger partial charge in [0.2, 0.25) is 5.78 Å². The molecule has 3 aromatic carbocycles. The van der Waals surface area contributed by atoms with Gasteiger partial charge in [-0.05, 0) is 34.8 Å². The van der Waals surface area contributed by atoms with Crippen LogP contribution >= 0.6 is 0 Å². The van der Waals surface area contributed by atoms with Gasteiger partial charge in [0, 0.05) is 13.0 Å². The molecule has 2 fully saturated rings. The second kappa shape index (κ2) is 12.2. The molecule has 4 atom stereocenters. The highest BCUT2D eigenvalue weighted by Gasteiger charge is 2.57. The van der Waals surface area contributed by atoms with E-state index in [0.717, 1.165) is 5.56 Å². The predicted molar refractivity (Wildman–Crippen MR) is 164 cm³/mol. The van der Waals surface area contributed by atoms with E-state index in [0.29, 0.717) is 0 Å².